The smallest absolute Gasteiger partial charge is 0.439 e. The molecule has 0 saturated heterocycles. The van der Waals surface area contributed by atoms with Crippen LogP contribution in [0.3, 0.4) is 0 Å². The largest absolute Gasteiger partial charge is 0.490 e. The van der Waals surface area contributed by atoms with E-state index in [0.717, 1.165) is 24.3 Å². The Morgan fingerprint density at radius 2 is 1.74 bits per heavy atom. The first-order valence-electron chi connectivity index (χ1n) is 12.0. The molecule has 0 spiro atoms. The topological polar surface area (TPSA) is 129 Å². The van der Waals surface area contributed by atoms with Gasteiger partial charge < -0.3 is 13.9 Å². The Hall–Kier alpha value is -3.65. The van der Waals surface area contributed by atoms with Crippen LogP contribution in [0.2, 0.25) is 18.1 Å². The van der Waals surface area contributed by atoms with Gasteiger partial charge in [-0.25, -0.2) is 14.6 Å². The molecule has 2 N–H and O–H groups in total. The first-order valence-corrected chi connectivity index (χ1v) is 14.9. The van der Waals surface area contributed by atoms with Crippen molar-refractivity contribution in [3.63, 3.8) is 0 Å². The second-order valence-electron chi connectivity index (χ2n) is 10.3. The number of amides is 1. The molecule has 0 aliphatic heterocycles. The number of aryl methyl sites for hydroxylation is 1. The van der Waals surface area contributed by atoms with Gasteiger partial charge in [0.15, 0.2) is 14.1 Å². The van der Waals surface area contributed by atoms with Crippen LogP contribution in [0.5, 0.6) is 11.6 Å². The lowest BCUT2D eigenvalue weighted by atomic mass is 10.1. The fourth-order valence-corrected chi connectivity index (χ4v) is 4.20. The SMILES string of the molecule is Cc1nc(OC(=O)Nc2ccc(C(F)(F)F)cc2)c(-c2noc(=O)[nH]2)c(OCCO[Si](C)(C)C(C)(C)C)c1C. The minimum Gasteiger partial charge on any atom is -0.490 e. The van der Waals surface area contributed by atoms with Crippen molar-refractivity contribution in [2.75, 3.05) is 18.5 Å². The van der Waals surface area contributed by atoms with Gasteiger partial charge in [0.25, 0.3) is 0 Å². The molecule has 2 aromatic heterocycles. The van der Waals surface area contributed by atoms with E-state index in [4.69, 9.17) is 13.9 Å². The number of nitrogens with zero attached hydrogens (tertiary/aromatic N) is 2. The average Bonchev–Trinajstić information content (AvgIpc) is 3.24. The van der Waals surface area contributed by atoms with Gasteiger partial charge in [-0.3, -0.25) is 14.8 Å². The van der Waals surface area contributed by atoms with Gasteiger partial charge in [-0.15, -0.1) is 0 Å². The summed E-state index contributed by atoms with van der Waals surface area (Å²) in [6, 6.07) is 3.83. The molecule has 0 fully saturated rings. The first-order chi connectivity index (χ1) is 18.0. The van der Waals surface area contributed by atoms with Crippen molar-refractivity contribution >= 4 is 20.1 Å². The van der Waals surface area contributed by atoms with Crippen LogP contribution >= 0.6 is 0 Å². The third-order valence-electron chi connectivity index (χ3n) is 6.52. The summed E-state index contributed by atoms with van der Waals surface area (Å²) in [5, 5.41) is 6.05. The number of aromatic amines is 1. The Kier molecular flexibility index (Phi) is 8.60. The van der Waals surface area contributed by atoms with Gasteiger partial charge in [-0.2, -0.15) is 13.2 Å². The number of anilines is 1. The summed E-state index contributed by atoms with van der Waals surface area (Å²) >= 11 is 0. The van der Waals surface area contributed by atoms with Gasteiger partial charge in [0.2, 0.25) is 5.88 Å². The minimum absolute atomic E-state index is 0.00295. The van der Waals surface area contributed by atoms with Crippen LogP contribution in [0.1, 0.15) is 37.6 Å². The Morgan fingerprint density at radius 3 is 2.28 bits per heavy atom. The normalized spacial score (nSPS) is 12.4. The summed E-state index contributed by atoms with van der Waals surface area (Å²) in [4.78, 5) is 31.1. The molecule has 0 atom stereocenters. The molecule has 1 amide bonds. The van der Waals surface area contributed by atoms with Crippen LogP contribution < -0.4 is 20.5 Å². The molecule has 0 aliphatic carbocycles. The molecular weight excluding hydrogens is 537 g/mol. The number of carbonyl (C=O) groups excluding carboxylic acids is 1. The van der Waals surface area contributed by atoms with E-state index < -0.39 is 31.9 Å². The van der Waals surface area contributed by atoms with E-state index in [9.17, 15) is 22.8 Å². The second-order valence-corrected chi connectivity index (χ2v) is 15.1. The number of halogens is 3. The first kappa shape index (κ1) is 29.9. The number of hydrogen-bond acceptors (Lipinski definition) is 8. The van der Waals surface area contributed by atoms with E-state index in [1.54, 1.807) is 13.8 Å². The van der Waals surface area contributed by atoms with Crippen molar-refractivity contribution in [2.24, 2.45) is 0 Å². The average molecular weight is 569 g/mol. The number of aromatic nitrogens is 3. The van der Waals surface area contributed by atoms with Crippen LogP contribution in [0, 0.1) is 13.8 Å². The van der Waals surface area contributed by atoms with E-state index in [-0.39, 0.29) is 47.0 Å². The standard InChI is InChI=1S/C25H31F3N4O6Si/c1-14-15(2)29-21(37-22(33)30-17-10-8-16(9-11-17)25(26,27)28)18(20-31-23(34)38-32-20)19(14)35-12-13-36-39(6,7)24(3,4)5/h8-11H,12-13H2,1-7H3,(H,30,33)(H,31,32,34). The zero-order valence-electron chi connectivity index (χ0n) is 22.7. The lowest BCUT2D eigenvalue weighted by molar-refractivity contribution is -0.137. The number of nitrogens with one attached hydrogen (secondary N) is 2. The Bertz CT molecular complexity index is 1380. The number of H-pyrrole nitrogens is 1. The van der Waals surface area contributed by atoms with Crippen molar-refractivity contribution in [1.29, 1.82) is 0 Å². The summed E-state index contributed by atoms with van der Waals surface area (Å²) in [6.45, 7) is 14.4. The van der Waals surface area contributed by atoms with Crippen LogP contribution in [-0.2, 0) is 10.6 Å². The lowest BCUT2D eigenvalue weighted by Crippen LogP contribution is -2.41. The van der Waals surface area contributed by atoms with Gasteiger partial charge >= 0.3 is 18.0 Å². The maximum atomic E-state index is 12.8. The highest BCUT2D eigenvalue weighted by atomic mass is 28.4. The second kappa shape index (κ2) is 11.2. The van der Waals surface area contributed by atoms with Crippen molar-refractivity contribution in [3.05, 3.63) is 51.6 Å². The highest BCUT2D eigenvalue weighted by molar-refractivity contribution is 6.74. The summed E-state index contributed by atoms with van der Waals surface area (Å²) < 4.78 is 60.7. The number of ether oxygens (including phenoxy) is 2. The van der Waals surface area contributed by atoms with E-state index in [1.807, 2.05) is 0 Å². The minimum atomic E-state index is -4.52. The molecule has 0 aliphatic rings. The van der Waals surface area contributed by atoms with E-state index >= 15 is 0 Å². The number of hydrogen-bond donors (Lipinski definition) is 2. The zero-order chi connectivity index (χ0) is 29.2. The monoisotopic (exact) mass is 568 g/mol. The Labute approximate surface area is 224 Å². The van der Waals surface area contributed by atoms with Gasteiger partial charge in [0.1, 0.15) is 17.9 Å². The molecule has 0 saturated carbocycles. The van der Waals surface area contributed by atoms with Crippen LogP contribution in [0.15, 0.2) is 33.6 Å². The maximum absolute atomic E-state index is 12.8. The number of benzene rings is 1. The molecule has 3 aromatic rings. The molecular formula is C25H31F3N4O6Si. The summed E-state index contributed by atoms with van der Waals surface area (Å²) in [6.07, 6.45) is -5.55. The molecule has 3 rings (SSSR count). The van der Waals surface area contributed by atoms with Crippen molar-refractivity contribution in [2.45, 2.75) is 58.9 Å². The number of pyridine rings is 1. The maximum Gasteiger partial charge on any atom is 0.439 e. The predicted molar refractivity (Wildman–Crippen MR) is 140 cm³/mol. The third-order valence-corrected chi connectivity index (χ3v) is 11.1. The lowest BCUT2D eigenvalue weighted by Gasteiger charge is -2.36. The Morgan fingerprint density at radius 1 is 1.10 bits per heavy atom. The van der Waals surface area contributed by atoms with Gasteiger partial charge in [0.05, 0.1) is 12.2 Å². The van der Waals surface area contributed by atoms with Gasteiger partial charge in [-0.1, -0.05) is 25.9 Å². The number of alkyl halides is 3. The fraction of sp³-hybridized carbons (Fsp3) is 0.440. The highest BCUT2D eigenvalue weighted by Gasteiger charge is 2.37. The molecule has 14 heteroatoms. The molecule has 0 unspecified atom stereocenters. The highest BCUT2D eigenvalue weighted by Crippen LogP contribution is 2.40. The fourth-order valence-electron chi connectivity index (χ4n) is 3.17. The molecule has 0 radical (unpaired) electrons. The van der Waals surface area contributed by atoms with Crippen molar-refractivity contribution in [1.82, 2.24) is 15.1 Å². The molecule has 10 nitrogen and oxygen atoms in total. The summed E-state index contributed by atoms with van der Waals surface area (Å²) in [7, 11) is -2.03. The quantitative estimate of drug-likeness (QED) is 0.247. The van der Waals surface area contributed by atoms with E-state index in [2.05, 4.69) is 58.8 Å². The van der Waals surface area contributed by atoms with Crippen molar-refractivity contribution in [3.8, 4) is 23.0 Å². The van der Waals surface area contributed by atoms with E-state index in [0.29, 0.717) is 11.3 Å². The molecule has 2 heterocycles. The van der Waals surface area contributed by atoms with Crippen LogP contribution in [0.4, 0.5) is 23.7 Å². The molecule has 212 valence electrons. The predicted octanol–water partition coefficient (Wildman–Crippen LogP) is 6.07. The number of rotatable bonds is 8. The van der Waals surface area contributed by atoms with Gasteiger partial charge in [0, 0.05) is 16.9 Å². The van der Waals surface area contributed by atoms with Crippen molar-refractivity contribution < 1.29 is 36.4 Å². The van der Waals surface area contributed by atoms with Gasteiger partial charge in [-0.05, 0) is 56.2 Å². The Balaban J connectivity index is 1.88. The van der Waals surface area contributed by atoms with Crippen LogP contribution in [0.25, 0.3) is 11.4 Å². The summed E-state index contributed by atoms with van der Waals surface area (Å²) in [5.41, 5.74) is 0.305. The zero-order valence-corrected chi connectivity index (χ0v) is 23.7. The molecule has 0 bridgehead atoms. The summed E-state index contributed by atoms with van der Waals surface area (Å²) in [5.74, 6) is -0.959. The number of carbonyl (C=O) groups is 1. The van der Waals surface area contributed by atoms with E-state index in [1.165, 1.54) is 0 Å². The molecule has 1 aromatic carbocycles. The third kappa shape index (κ3) is 7.26. The molecule has 39 heavy (non-hydrogen) atoms. The van der Waals surface area contributed by atoms with Crippen LogP contribution in [-0.4, -0.2) is 42.7 Å².